The number of Topliss-reactive ketones (excluding diaryl/α,β-unsaturated/α-hetero) is 1. The molecule has 2 aromatic heterocycles. The lowest BCUT2D eigenvalue weighted by atomic mass is 9.85. The van der Waals surface area contributed by atoms with Crippen LogP contribution in [-0.4, -0.2) is 27.0 Å². The molecule has 0 fully saturated rings. The van der Waals surface area contributed by atoms with E-state index in [1.54, 1.807) is 12.1 Å². The summed E-state index contributed by atoms with van der Waals surface area (Å²) in [6.07, 6.45) is 0. The molecule has 0 aliphatic carbocycles. The molecule has 1 N–H and O–H groups in total. The first-order valence-corrected chi connectivity index (χ1v) is 16.3. The quantitative estimate of drug-likeness (QED) is 0.107. The molecule has 0 spiro atoms. The van der Waals surface area contributed by atoms with Crippen LogP contribution in [0, 0.1) is 0 Å². The van der Waals surface area contributed by atoms with Crippen molar-refractivity contribution in [2.45, 2.75) is 42.3 Å². The van der Waals surface area contributed by atoms with E-state index in [1.807, 2.05) is 60.7 Å². The van der Waals surface area contributed by atoms with Gasteiger partial charge in [-0.05, 0) is 45.0 Å². The summed E-state index contributed by atoms with van der Waals surface area (Å²) in [5.41, 5.74) is 3.34. The second-order valence-corrected chi connectivity index (χ2v) is 14.1. The SMILES string of the molecule is CC(C)(C)c1ccc(C2C(C(=O)c3cc4ccccc4o3)=C(O)C(=O)N2c2nnc(SCc3cccc4ccccc34)s2)cc1. The van der Waals surface area contributed by atoms with Gasteiger partial charge >= 0.3 is 0 Å². The summed E-state index contributed by atoms with van der Waals surface area (Å²) in [6, 6.07) is 30.2. The van der Waals surface area contributed by atoms with Gasteiger partial charge in [-0.25, -0.2) is 0 Å². The van der Waals surface area contributed by atoms with Gasteiger partial charge in [0.15, 0.2) is 15.9 Å². The van der Waals surface area contributed by atoms with Crippen LogP contribution in [-0.2, 0) is 16.0 Å². The molecular formula is C36H29N3O4S2. The Hall–Kier alpha value is -4.73. The summed E-state index contributed by atoms with van der Waals surface area (Å²) in [5, 5.41) is 23.4. The molecule has 1 atom stereocenters. The maximum absolute atomic E-state index is 14.0. The van der Waals surface area contributed by atoms with Gasteiger partial charge in [-0.1, -0.05) is 129 Å². The Morgan fingerprint density at radius 3 is 2.40 bits per heavy atom. The zero-order valence-corrected chi connectivity index (χ0v) is 26.5. The van der Waals surface area contributed by atoms with Crippen LogP contribution in [0.15, 0.2) is 117 Å². The summed E-state index contributed by atoms with van der Waals surface area (Å²) in [7, 11) is 0. The molecule has 0 saturated carbocycles. The van der Waals surface area contributed by atoms with Crippen molar-refractivity contribution in [2.24, 2.45) is 0 Å². The number of aromatic nitrogens is 2. The van der Waals surface area contributed by atoms with E-state index in [0.29, 0.717) is 26.4 Å². The number of rotatable bonds is 7. The fraction of sp³-hybridized carbons (Fsp3) is 0.167. The number of nitrogens with zero attached hydrogens (tertiary/aromatic N) is 3. The van der Waals surface area contributed by atoms with Gasteiger partial charge in [0, 0.05) is 11.1 Å². The standard InChI is InChI=1S/C36H29N3O4S2/c1-36(2,3)25-17-15-22(16-18-25)30-29(31(40)28-19-23-10-5-7-14-27(23)43-28)32(41)33(42)39(30)34-37-38-35(45-34)44-20-24-12-8-11-21-9-4-6-13-26(21)24/h4-19,30,41H,20H2,1-3H3. The zero-order chi connectivity index (χ0) is 31.3. The van der Waals surface area contributed by atoms with Gasteiger partial charge in [-0.3, -0.25) is 14.5 Å². The number of hydrogen-bond donors (Lipinski definition) is 1. The number of aliphatic hydroxyl groups excluding tert-OH is 1. The van der Waals surface area contributed by atoms with E-state index in [-0.39, 0.29) is 16.7 Å². The Bertz CT molecular complexity index is 2080. The summed E-state index contributed by atoms with van der Waals surface area (Å²) in [6.45, 7) is 6.36. The largest absolute Gasteiger partial charge is 0.503 e. The van der Waals surface area contributed by atoms with Gasteiger partial charge < -0.3 is 9.52 Å². The van der Waals surface area contributed by atoms with Crippen molar-refractivity contribution in [3.63, 3.8) is 0 Å². The molecule has 1 aliphatic rings. The Kier molecular flexibility index (Phi) is 7.30. The minimum atomic E-state index is -0.920. The molecule has 0 bridgehead atoms. The molecule has 45 heavy (non-hydrogen) atoms. The van der Waals surface area contributed by atoms with Crippen LogP contribution in [0.1, 0.15) is 54.1 Å². The Balaban J connectivity index is 1.24. The molecule has 0 radical (unpaired) electrons. The lowest BCUT2D eigenvalue weighted by Crippen LogP contribution is -2.31. The molecule has 0 saturated heterocycles. The van der Waals surface area contributed by atoms with E-state index in [9.17, 15) is 14.7 Å². The van der Waals surface area contributed by atoms with Crippen LogP contribution in [0.3, 0.4) is 0 Å². The Labute approximate surface area is 268 Å². The molecule has 9 heteroatoms. The average molecular weight is 632 g/mol. The molecule has 1 unspecified atom stereocenters. The van der Waals surface area contributed by atoms with Crippen molar-refractivity contribution in [3.8, 4) is 0 Å². The van der Waals surface area contributed by atoms with Crippen LogP contribution in [0.25, 0.3) is 21.7 Å². The number of para-hydroxylation sites is 1. The van der Waals surface area contributed by atoms with Gasteiger partial charge in [-0.15, -0.1) is 10.2 Å². The monoisotopic (exact) mass is 631 g/mol. The molecule has 6 aromatic rings. The van der Waals surface area contributed by atoms with E-state index in [1.165, 1.54) is 44.3 Å². The third-order valence-electron chi connectivity index (χ3n) is 8.03. The van der Waals surface area contributed by atoms with Crippen LogP contribution >= 0.6 is 23.1 Å². The fourth-order valence-electron chi connectivity index (χ4n) is 5.66. The topological polar surface area (TPSA) is 96.5 Å². The minimum Gasteiger partial charge on any atom is -0.503 e. The first-order valence-electron chi connectivity index (χ1n) is 14.5. The Morgan fingerprint density at radius 1 is 0.933 bits per heavy atom. The number of ketones is 1. The van der Waals surface area contributed by atoms with E-state index in [4.69, 9.17) is 4.42 Å². The van der Waals surface area contributed by atoms with Gasteiger partial charge in [0.05, 0.1) is 11.6 Å². The number of fused-ring (bicyclic) bond motifs is 2. The van der Waals surface area contributed by atoms with Crippen molar-refractivity contribution in [1.82, 2.24) is 10.2 Å². The van der Waals surface area contributed by atoms with Gasteiger partial charge in [0.2, 0.25) is 10.9 Å². The number of furan rings is 1. The molecule has 7 rings (SSSR count). The zero-order valence-electron chi connectivity index (χ0n) is 24.9. The maximum atomic E-state index is 14.0. The highest BCUT2D eigenvalue weighted by molar-refractivity contribution is 8.00. The molecule has 1 aliphatic heterocycles. The summed E-state index contributed by atoms with van der Waals surface area (Å²) < 4.78 is 6.54. The molecule has 7 nitrogen and oxygen atoms in total. The molecule has 3 heterocycles. The van der Waals surface area contributed by atoms with Crippen molar-refractivity contribution in [1.29, 1.82) is 0 Å². The number of thioether (sulfide) groups is 1. The van der Waals surface area contributed by atoms with Crippen molar-refractivity contribution in [2.75, 3.05) is 4.90 Å². The third-order valence-corrected chi connectivity index (χ3v) is 10.1. The molecule has 224 valence electrons. The van der Waals surface area contributed by atoms with Crippen LogP contribution in [0.2, 0.25) is 0 Å². The summed E-state index contributed by atoms with van der Waals surface area (Å²) in [4.78, 5) is 29.1. The summed E-state index contributed by atoms with van der Waals surface area (Å²) >= 11 is 2.78. The van der Waals surface area contributed by atoms with Crippen molar-refractivity contribution >= 4 is 61.7 Å². The minimum absolute atomic E-state index is 0.0484. The number of amides is 1. The van der Waals surface area contributed by atoms with Crippen LogP contribution < -0.4 is 4.90 Å². The summed E-state index contributed by atoms with van der Waals surface area (Å²) in [5.74, 6) is -1.17. The maximum Gasteiger partial charge on any atom is 0.296 e. The number of anilines is 1. The van der Waals surface area contributed by atoms with E-state index in [2.05, 4.69) is 55.2 Å². The second kappa shape index (κ2) is 11.3. The lowest BCUT2D eigenvalue weighted by Gasteiger charge is -2.25. The number of carbonyl (C=O) groups is 2. The predicted octanol–water partition coefficient (Wildman–Crippen LogP) is 8.81. The smallest absolute Gasteiger partial charge is 0.296 e. The fourth-order valence-corrected chi connectivity index (χ4v) is 7.53. The predicted molar refractivity (Wildman–Crippen MR) is 179 cm³/mol. The molecule has 4 aromatic carbocycles. The van der Waals surface area contributed by atoms with Gasteiger partial charge in [0.1, 0.15) is 5.58 Å². The van der Waals surface area contributed by atoms with E-state index in [0.717, 1.165) is 10.9 Å². The average Bonchev–Trinajstić information content (AvgIpc) is 3.76. The first-order chi connectivity index (χ1) is 21.7. The van der Waals surface area contributed by atoms with Gasteiger partial charge in [-0.2, -0.15) is 0 Å². The van der Waals surface area contributed by atoms with E-state index < -0.39 is 23.5 Å². The highest BCUT2D eigenvalue weighted by atomic mass is 32.2. The van der Waals surface area contributed by atoms with Crippen LogP contribution in [0.4, 0.5) is 5.13 Å². The van der Waals surface area contributed by atoms with Crippen LogP contribution in [0.5, 0.6) is 0 Å². The van der Waals surface area contributed by atoms with Crippen molar-refractivity contribution < 1.29 is 19.1 Å². The highest BCUT2D eigenvalue weighted by Crippen LogP contribution is 2.44. The molecule has 1 amide bonds. The number of carbonyl (C=O) groups excluding carboxylic acids is 2. The Morgan fingerprint density at radius 2 is 1.64 bits per heavy atom. The molecular weight excluding hydrogens is 603 g/mol. The third kappa shape index (κ3) is 5.32. The lowest BCUT2D eigenvalue weighted by molar-refractivity contribution is -0.117. The van der Waals surface area contributed by atoms with E-state index >= 15 is 0 Å². The normalized spacial score (nSPS) is 15.5. The number of hydrogen-bond acceptors (Lipinski definition) is 8. The number of aliphatic hydroxyl groups is 1. The highest BCUT2D eigenvalue weighted by Gasteiger charge is 2.47. The second-order valence-electron chi connectivity index (χ2n) is 12.0. The number of benzene rings is 4. The van der Waals surface area contributed by atoms with Gasteiger partial charge in [0.25, 0.3) is 5.91 Å². The first kappa shape index (κ1) is 29.0. The van der Waals surface area contributed by atoms with Crippen molar-refractivity contribution in [3.05, 3.63) is 131 Å².